The Morgan fingerprint density at radius 2 is 1.36 bits per heavy atom. The number of hydrogen-bond donors (Lipinski definition) is 0. The second-order valence-corrected chi connectivity index (χ2v) is 10.7. The van der Waals surface area contributed by atoms with Crippen LogP contribution in [0.2, 0.25) is 0 Å². The van der Waals surface area contributed by atoms with Crippen LogP contribution in [0.15, 0.2) is 134 Å². The van der Waals surface area contributed by atoms with Crippen molar-refractivity contribution in [1.29, 1.82) is 0 Å². The molecule has 0 spiro atoms. The molecule has 6 aromatic rings. The van der Waals surface area contributed by atoms with Crippen LogP contribution < -0.4 is 0 Å². The molecule has 200 valence electrons. The Morgan fingerprint density at radius 1 is 0.595 bits per heavy atom. The third-order valence-electron chi connectivity index (χ3n) is 8.29. The lowest BCUT2D eigenvalue weighted by molar-refractivity contribution is -0.00537. The van der Waals surface area contributed by atoms with E-state index in [-0.39, 0.29) is 0 Å². The Hall–Kier alpha value is -5.37. The lowest BCUT2D eigenvalue weighted by Crippen LogP contribution is -1.93. The second kappa shape index (κ2) is 11.2. The summed E-state index contributed by atoms with van der Waals surface area (Å²) in [6, 6.07) is 32.6. The van der Waals surface area contributed by atoms with Crippen LogP contribution in [-0.4, -0.2) is 15.5 Å². The number of allylic oxidation sites excluding steroid dienone is 5. The number of pyridine rings is 1. The lowest BCUT2D eigenvalue weighted by atomic mass is 9.93. The first-order valence-corrected chi connectivity index (χ1v) is 14.4. The van der Waals surface area contributed by atoms with Crippen LogP contribution in [0.1, 0.15) is 28.7 Å². The summed E-state index contributed by atoms with van der Waals surface area (Å²) < 4.78 is 0. The molecule has 0 N–H and O–H groups in total. The number of rotatable bonds is 0. The second-order valence-electron chi connectivity index (χ2n) is 10.7. The maximum absolute atomic E-state index is 8.19. The van der Waals surface area contributed by atoms with E-state index in [9.17, 15) is 0 Å². The molecule has 0 saturated carbocycles. The fraction of sp³-hybridized carbons (Fsp3) is 0.0769. The molecule has 9 rings (SSSR count). The molecule has 3 aliphatic carbocycles. The maximum atomic E-state index is 8.19. The number of fused-ring (bicyclic) bond motifs is 11. The Bertz CT molecular complexity index is 2120. The van der Waals surface area contributed by atoms with E-state index in [4.69, 9.17) is 5.53 Å². The van der Waals surface area contributed by atoms with Gasteiger partial charge in [-0.25, -0.2) is 0 Å². The molecule has 0 fully saturated rings. The minimum absolute atomic E-state index is 0.715. The minimum Gasteiger partial charge on any atom is -0.361 e. The summed E-state index contributed by atoms with van der Waals surface area (Å²) in [6.07, 6.45) is 18.7. The van der Waals surface area contributed by atoms with Gasteiger partial charge in [-0.15, -0.1) is 0 Å². The summed E-state index contributed by atoms with van der Waals surface area (Å²) in [5, 5.41) is 8.12. The highest BCUT2D eigenvalue weighted by Crippen LogP contribution is 2.40. The van der Waals surface area contributed by atoms with Gasteiger partial charge in [-0.05, 0) is 79.2 Å². The van der Waals surface area contributed by atoms with Gasteiger partial charge in [0.05, 0.1) is 6.42 Å². The molecule has 3 nitrogen and oxygen atoms in total. The van der Waals surface area contributed by atoms with E-state index in [0.29, 0.717) is 5.71 Å². The number of aromatic nitrogens is 1. The molecular formula is C39H29N3. The van der Waals surface area contributed by atoms with Crippen molar-refractivity contribution < 1.29 is 4.79 Å². The first-order valence-electron chi connectivity index (χ1n) is 14.4. The number of hydrogen-bond acceptors (Lipinski definition) is 1. The fourth-order valence-corrected chi connectivity index (χ4v) is 6.31. The van der Waals surface area contributed by atoms with Crippen molar-refractivity contribution >= 4 is 44.1 Å². The SMILES string of the molecule is C1=Cc2c(c3ccccc3c3ccccc23)C1.[N-]=[N+]=C1C=CC=CC1.c1ccc2c(c1)Cc1c-2ccc2ccncc12. The Kier molecular flexibility index (Phi) is 6.85. The zero-order chi connectivity index (χ0) is 28.3. The highest BCUT2D eigenvalue weighted by Gasteiger charge is 2.19. The zero-order valence-corrected chi connectivity index (χ0v) is 23.2. The van der Waals surface area contributed by atoms with Gasteiger partial charge >= 0.3 is 0 Å². The van der Waals surface area contributed by atoms with E-state index in [1.165, 1.54) is 65.7 Å². The number of nitrogens with zero attached hydrogens (tertiary/aromatic N) is 3. The van der Waals surface area contributed by atoms with Crippen molar-refractivity contribution in [1.82, 2.24) is 4.98 Å². The zero-order valence-electron chi connectivity index (χ0n) is 23.2. The molecule has 0 unspecified atom stereocenters. The van der Waals surface area contributed by atoms with Crippen LogP contribution in [-0.2, 0) is 12.8 Å². The molecule has 0 bridgehead atoms. The van der Waals surface area contributed by atoms with Crippen molar-refractivity contribution in [3.63, 3.8) is 0 Å². The van der Waals surface area contributed by atoms with E-state index in [1.807, 2.05) is 30.6 Å². The molecule has 0 radical (unpaired) electrons. The number of benzene rings is 5. The van der Waals surface area contributed by atoms with E-state index >= 15 is 0 Å². The van der Waals surface area contributed by atoms with Gasteiger partial charge in [0, 0.05) is 23.9 Å². The summed E-state index contributed by atoms with van der Waals surface area (Å²) in [6.45, 7) is 0. The summed E-state index contributed by atoms with van der Waals surface area (Å²) in [7, 11) is 0. The van der Waals surface area contributed by atoms with Gasteiger partial charge in [-0.1, -0.05) is 115 Å². The summed E-state index contributed by atoms with van der Waals surface area (Å²) >= 11 is 0. The van der Waals surface area contributed by atoms with Crippen molar-refractivity contribution in [2.45, 2.75) is 19.3 Å². The lowest BCUT2D eigenvalue weighted by Gasteiger charge is -2.10. The molecule has 0 amide bonds. The molecule has 5 aromatic carbocycles. The van der Waals surface area contributed by atoms with Crippen LogP contribution in [0.5, 0.6) is 0 Å². The minimum atomic E-state index is 0.715. The van der Waals surface area contributed by atoms with Crippen molar-refractivity contribution in [3.05, 3.63) is 162 Å². The maximum Gasteiger partial charge on any atom is 0.295 e. The Morgan fingerprint density at radius 3 is 2.14 bits per heavy atom. The van der Waals surface area contributed by atoms with Crippen LogP contribution in [0.3, 0.4) is 0 Å². The Labute approximate surface area is 245 Å². The highest BCUT2D eigenvalue weighted by molar-refractivity contribution is 6.13. The van der Waals surface area contributed by atoms with Gasteiger partial charge in [0.2, 0.25) is 0 Å². The van der Waals surface area contributed by atoms with E-state index in [0.717, 1.165) is 19.3 Å². The van der Waals surface area contributed by atoms with Crippen molar-refractivity contribution in [2.24, 2.45) is 0 Å². The predicted octanol–water partition coefficient (Wildman–Crippen LogP) is 9.54. The first-order chi connectivity index (χ1) is 20.8. The van der Waals surface area contributed by atoms with Gasteiger partial charge in [-0.3, -0.25) is 4.98 Å². The molecule has 0 saturated heterocycles. The molecule has 1 heterocycles. The van der Waals surface area contributed by atoms with Crippen molar-refractivity contribution in [2.75, 3.05) is 0 Å². The average Bonchev–Trinajstić information content (AvgIpc) is 3.72. The van der Waals surface area contributed by atoms with E-state index in [2.05, 4.69) is 113 Å². The van der Waals surface area contributed by atoms with Gasteiger partial charge in [-0.2, -0.15) is 4.79 Å². The Balaban J connectivity index is 0.000000110. The van der Waals surface area contributed by atoms with Gasteiger partial charge in [0.15, 0.2) is 0 Å². The van der Waals surface area contributed by atoms with Crippen LogP contribution >= 0.6 is 0 Å². The van der Waals surface area contributed by atoms with Crippen LogP contribution in [0.4, 0.5) is 0 Å². The molecule has 42 heavy (non-hydrogen) atoms. The molecular weight excluding hydrogens is 510 g/mol. The van der Waals surface area contributed by atoms with E-state index in [1.54, 1.807) is 6.08 Å². The van der Waals surface area contributed by atoms with Crippen LogP contribution in [0, 0.1) is 0 Å². The van der Waals surface area contributed by atoms with Gasteiger partial charge in [0.25, 0.3) is 5.71 Å². The largest absolute Gasteiger partial charge is 0.361 e. The smallest absolute Gasteiger partial charge is 0.295 e. The van der Waals surface area contributed by atoms with E-state index < -0.39 is 0 Å². The quantitative estimate of drug-likeness (QED) is 0.108. The van der Waals surface area contributed by atoms with Gasteiger partial charge < -0.3 is 5.53 Å². The van der Waals surface area contributed by atoms with Crippen molar-refractivity contribution in [3.8, 4) is 11.1 Å². The predicted molar refractivity (Wildman–Crippen MR) is 176 cm³/mol. The molecule has 0 atom stereocenters. The normalized spacial score (nSPS) is 13.6. The third-order valence-corrected chi connectivity index (χ3v) is 8.29. The topological polar surface area (TPSA) is 49.3 Å². The monoisotopic (exact) mass is 539 g/mol. The summed E-state index contributed by atoms with van der Waals surface area (Å²) in [4.78, 5) is 7.28. The highest BCUT2D eigenvalue weighted by atomic mass is 14.8. The molecule has 1 aromatic heterocycles. The standard InChI is InChI=1S/C17H12.C16H11N.C6H6N2/c1-3-8-14-12(6-1)13-7-2-4-9-15(13)17-11-5-10-16(14)17;1-2-4-13-12(3-1)9-15-14(13)6-5-11-7-8-17-10-16(11)15;7-8-6-4-2-1-3-5-6/h1-10H,11H2;1-8,10H,9H2;1-4H,5H2. The molecule has 3 aliphatic rings. The summed E-state index contributed by atoms with van der Waals surface area (Å²) in [5.74, 6) is 0. The van der Waals surface area contributed by atoms with Crippen LogP contribution in [0.25, 0.3) is 55.1 Å². The average molecular weight is 540 g/mol. The first kappa shape index (κ1) is 25.6. The van der Waals surface area contributed by atoms with Gasteiger partial charge in [0.1, 0.15) is 0 Å². The molecule has 3 heteroatoms. The fourth-order valence-electron chi connectivity index (χ4n) is 6.31. The summed E-state index contributed by atoms with van der Waals surface area (Å²) in [5.41, 5.74) is 17.4. The molecule has 0 aliphatic heterocycles. The third kappa shape index (κ3) is 4.66.